The summed E-state index contributed by atoms with van der Waals surface area (Å²) in [5, 5.41) is 1.84. The summed E-state index contributed by atoms with van der Waals surface area (Å²) >= 11 is 36.9. The molecule has 0 unspecified atom stereocenters. The molecule has 0 aliphatic carbocycles. The molecule has 0 aromatic heterocycles. The molecule has 0 heterocycles. The minimum absolute atomic E-state index is 0.587. The fourth-order valence-corrected chi connectivity index (χ4v) is 13.4. The van der Waals surface area contributed by atoms with Crippen LogP contribution in [0.3, 0.4) is 0 Å². The van der Waals surface area contributed by atoms with Gasteiger partial charge in [-0.3, -0.25) is 0 Å². The summed E-state index contributed by atoms with van der Waals surface area (Å²) in [6.45, 7) is 0. The maximum atomic E-state index is 7.13. The van der Waals surface area contributed by atoms with Crippen molar-refractivity contribution in [2.75, 3.05) is 0 Å². The Morgan fingerprint density at radius 2 is 0.595 bits per heavy atom. The van der Waals surface area contributed by atoms with Crippen LogP contribution in [0.5, 0.6) is 11.5 Å². The highest BCUT2D eigenvalue weighted by molar-refractivity contribution is 9.16. The van der Waals surface area contributed by atoms with Crippen molar-refractivity contribution in [1.29, 1.82) is 0 Å². The first-order valence-electron chi connectivity index (χ1n) is 10.0. The predicted molar refractivity (Wildman–Crippen MR) is 189 cm³/mol. The molecule has 0 fully saturated rings. The van der Waals surface area contributed by atoms with Gasteiger partial charge < -0.3 is 8.85 Å². The highest BCUT2D eigenvalue weighted by Crippen LogP contribution is 2.51. The summed E-state index contributed by atoms with van der Waals surface area (Å²) in [5.74, 6) is 1.17. The molecule has 0 atom stereocenters. The number of rotatable bonds is 6. The lowest BCUT2D eigenvalue weighted by Gasteiger charge is -2.34. The van der Waals surface area contributed by atoms with E-state index in [1.54, 1.807) is 0 Å². The summed E-state index contributed by atoms with van der Waals surface area (Å²) in [5.41, 5.74) is 0. The van der Waals surface area contributed by atoms with Gasteiger partial charge in [-0.1, -0.05) is 60.7 Å². The summed E-state index contributed by atoms with van der Waals surface area (Å²) in [7, 11) is -3.52. The van der Waals surface area contributed by atoms with Gasteiger partial charge in [0.25, 0.3) is 0 Å². The lowest BCUT2D eigenvalue weighted by molar-refractivity contribution is 0.410. The molecular weight excluding hydrogens is 1150 g/mol. The number of halogens is 10. The van der Waals surface area contributed by atoms with E-state index in [-0.39, 0.29) is 0 Å². The zero-order valence-corrected chi connectivity index (χ0v) is 34.7. The second-order valence-electron chi connectivity index (χ2n) is 7.35. The number of hydrogen-bond acceptors (Lipinski definition) is 2. The molecule has 0 saturated heterocycles. The van der Waals surface area contributed by atoms with E-state index in [2.05, 4.69) is 159 Å². The van der Waals surface area contributed by atoms with E-state index in [0.29, 0.717) is 11.5 Å². The van der Waals surface area contributed by atoms with Crippen molar-refractivity contribution in [2.24, 2.45) is 0 Å². The summed E-state index contributed by atoms with van der Waals surface area (Å²) in [6.07, 6.45) is 0. The highest BCUT2D eigenvalue weighted by atomic mass is 79.9. The molecule has 0 aliphatic rings. The molecule has 2 nitrogen and oxygen atoms in total. The van der Waals surface area contributed by atoms with Crippen LogP contribution < -0.4 is 19.2 Å². The van der Waals surface area contributed by atoms with Crippen LogP contribution in [-0.2, 0) is 0 Å². The van der Waals surface area contributed by atoms with Gasteiger partial charge >= 0.3 is 8.56 Å². The molecule has 0 N–H and O–H groups in total. The van der Waals surface area contributed by atoms with Crippen molar-refractivity contribution in [3.63, 3.8) is 0 Å². The molecule has 37 heavy (non-hydrogen) atoms. The van der Waals surface area contributed by atoms with Crippen molar-refractivity contribution < 1.29 is 8.85 Å². The van der Waals surface area contributed by atoms with Crippen LogP contribution >= 0.6 is 159 Å². The third-order valence-electron chi connectivity index (χ3n) is 5.14. The Bertz CT molecular complexity index is 1310. The molecule has 4 rings (SSSR count). The SMILES string of the molecule is Brc1c(Br)c(Br)c(O[Si](Oc2c(Br)c(Br)c(Br)c(Br)c2Br)(c2ccccc2)c2ccccc2)c(Br)c1Br. The molecule has 0 bridgehead atoms. The van der Waals surface area contributed by atoms with Gasteiger partial charge in [0.15, 0.2) is 0 Å². The van der Waals surface area contributed by atoms with Crippen molar-refractivity contribution in [2.45, 2.75) is 0 Å². The zero-order valence-electron chi connectivity index (χ0n) is 17.9. The van der Waals surface area contributed by atoms with Gasteiger partial charge in [0.1, 0.15) is 11.5 Å². The number of hydrogen-bond donors (Lipinski definition) is 0. The van der Waals surface area contributed by atoms with E-state index in [9.17, 15) is 0 Å². The van der Waals surface area contributed by atoms with E-state index >= 15 is 0 Å². The van der Waals surface area contributed by atoms with Crippen LogP contribution in [0.2, 0.25) is 0 Å². The van der Waals surface area contributed by atoms with E-state index in [4.69, 9.17) is 8.85 Å². The molecule has 0 radical (unpaired) electrons. The van der Waals surface area contributed by atoms with Crippen molar-refractivity contribution in [1.82, 2.24) is 0 Å². The molecule has 13 heteroatoms. The van der Waals surface area contributed by atoms with Gasteiger partial charge in [-0.05, 0) is 159 Å². The molecule has 0 amide bonds. The van der Waals surface area contributed by atoms with Crippen molar-refractivity contribution in [3.8, 4) is 11.5 Å². The topological polar surface area (TPSA) is 18.5 Å². The lowest BCUT2D eigenvalue weighted by atomic mass is 10.3. The molecule has 0 saturated carbocycles. The first-order chi connectivity index (χ1) is 17.5. The van der Waals surface area contributed by atoms with Crippen LogP contribution in [0.25, 0.3) is 0 Å². The first-order valence-corrected chi connectivity index (χ1v) is 19.8. The van der Waals surface area contributed by atoms with Crippen LogP contribution in [0.4, 0.5) is 0 Å². The Kier molecular flexibility index (Phi) is 11.2. The average Bonchev–Trinajstić information content (AvgIpc) is 2.93. The van der Waals surface area contributed by atoms with Crippen molar-refractivity contribution in [3.05, 3.63) is 105 Å². The number of benzene rings is 4. The lowest BCUT2D eigenvalue weighted by Crippen LogP contribution is -2.68. The standard InChI is InChI=1S/C24H10Br10O2Si/c25-13-15(27)19(31)23(20(32)16(13)28)35-37(11-7-3-1-4-8-11,12-9-5-2-6-10-12)36-24-21(33)17(29)14(26)18(30)22(24)34/h1-10H. The maximum Gasteiger partial charge on any atom is 0.531 e. The molecule has 0 aliphatic heterocycles. The predicted octanol–water partition coefficient (Wildman–Crippen LogP) is 12.0. The Labute approximate surface area is 299 Å². The summed E-state index contributed by atoms with van der Waals surface area (Å²) in [6, 6.07) is 20.1. The summed E-state index contributed by atoms with van der Waals surface area (Å²) in [4.78, 5) is 0. The van der Waals surface area contributed by atoms with Crippen LogP contribution in [0.1, 0.15) is 0 Å². The van der Waals surface area contributed by atoms with Gasteiger partial charge in [-0.15, -0.1) is 0 Å². The fraction of sp³-hybridized carbons (Fsp3) is 0. The van der Waals surface area contributed by atoms with Gasteiger partial charge in [-0.2, -0.15) is 0 Å². The third-order valence-corrected chi connectivity index (χ3v) is 20.3. The van der Waals surface area contributed by atoms with Gasteiger partial charge in [0, 0.05) is 19.3 Å². The molecule has 4 aromatic rings. The largest absolute Gasteiger partial charge is 0.531 e. The van der Waals surface area contributed by atoms with Gasteiger partial charge in [0.05, 0.1) is 35.8 Å². The Morgan fingerprint density at radius 1 is 0.351 bits per heavy atom. The Hall–Kier alpha value is 1.50. The van der Waals surface area contributed by atoms with Gasteiger partial charge in [-0.25, -0.2) is 0 Å². The minimum Gasteiger partial charge on any atom is -0.503 e. The van der Waals surface area contributed by atoms with Gasteiger partial charge in [0.2, 0.25) is 0 Å². The van der Waals surface area contributed by atoms with E-state index in [0.717, 1.165) is 55.1 Å². The Morgan fingerprint density at radius 3 is 0.865 bits per heavy atom. The first kappa shape index (κ1) is 31.4. The second kappa shape index (κ2) is 13.2. The van der Waals surface area contributed by atoms with Crippen LogP contribution in [0, 0.1) is 0 Å². The van der Waals surface area contributed by atoms with Crippen molar-refractivity contribution >= 4 is 178 Å². The van der Waals surface area contributed by atoms with Crippen LogP contribution in [-0.4, -0.2) is 8.56 Å². The molecular formula is C24H10Br10O2Si. The third kappa shape index (κ3) is 6.17. The quantitative estimate of drug-likeness (QED) is 0.109. The second-order valence-corrected chi connectivity index (χ2v) is 18.1. The smallest absolute Gasteiger partial charge is 0.503 e. The fourth-order valence-electron chi connectivity index (χ4n) is 3.37. The van der Waals surface area contributed by atoms with E-state index in [1.807, 2.05) is 60.7 Å². The van der Waals surface area contributed by atoms with E-state index in [1.165, 1.54) is 0 Å². The Balaban J connectivity index is 2.09. The zero-order chi connectivity index (χ0) is 27.1. The molecule has 4 aromatic carbocycles. The average molecular weight is 1160 g/mol. The molecule has 192 valence electrons. The maximum absolute atomic E-state index is 7.13. The minimum atomic E-state index is -3.52. The normalized spacial score (nSPS) is 11.5. The molecule has 0 spiro atoms. The van der Waals surface area contributed by atoms with E-state index < -0.39 is 8.56 Å². The summed E-state index contributed by atoms with van der Waals surface area (Å²) < 4.78 is 22.1. The van der Waals surface area contributed by atoms with Crippen LogP contribution in [0.15, 0.2) is 105 Å². The monoisotopic (exact) mass is 1150 g/mol. The highest BCUT2D eigenvalue weighted by Gasteiger charge is 2.49.